The lowest BCUT2D eigenvalue weighted by Gasteiger charge is -2.41. The Morgan fingerprint density at radius 1 is 1.32 bits per heavy atom. The highest BCUT2D eigenvalue weighted by atomic mass is 35.5. The Labute approximate surface area is 135 Å². The van der Waals surface area contributed by atoms with Gasteiger partial charge in [0.1, 0.15) is 18.3 Å². The summed E-state index contributed by atoms with van der Waals surface area (Å²) >= 11 is 6.20. The van der Waals surface area contributed by atoms with Gasteiger partial charge in [0, 0.05) is 12.1 Å². The van der Waals surface area contributed by atoms with Crippen molar-refractivity contribution in [1.82, 2.24) is 14.8 Å². The molecular weight excluding hydrogens is 302 g/mol. The minimum Gasteiger partial charge on any atom is -0.385 e. The van der Waals surface area contributed by atoms with Gasteiger partial charge in [0.05, 0.1) is 12.1 Å². The normalized spacial score (nSPS) is 14.8. The van der Waals surface area contributed by atoms with E-state index in [1.54, 1.807) is 18.1 Å². The molecule has 0 aliphatic heterocycles. The molecular formula is C16H22ClN3O2. The number of halogens is 1. The van der Waals surface area contributed by atoms with E-state index < -0.39 is 11.2 Å². The number of aryl methyl sites for hydroxylation is 1. The molecule has 1 heterocycles. The van der Waals surface area contributed by atoms with Gasteiger partial charge in [-0.15, -0.1) is 0 Å². The van der Waals surface area contributed by atoms with Crippen molar-refractivity contribution in [1.29, 1.82) is 0 Å². The highest BCUT2D eigenvalue weighted by molar-refractivity contribution is 6.31. The van der Waals surface area contributed by atoms with E-state index in [-0.39, 0.29) is 0 Å². The molecule has 0 amide bonds. The standard InChI is InChI=1S/C16H22ClN3O2/c1-15(2,22-3)16(21,10-20-12-18-11-19-20)9-8-13-6-4-5-7-14(13)17/h4-7,11-12,21H,8-10H2,1-3H3. The number of benzene rings is 1. The summed E-state index contributed by atoms with van der Waals surface area (Å²) in [7, 11) is 1.60. The van der Waals surface area contributed by atoms with E-state index in [1.165, 1.54) is 6.33 Å². The first-order chi connectivity index (χ1) is 10.4. The molecule has 0 fully saturated rings. The Morgan fingerprint density at radius 3 is 2.64 bits per heavy atom. The largest absolute Gasteiger partial charge is 0.385 e. The Balaban J connectivity index is 2.19. The molecule has 120 valence electrons. The van der Waals surface area contributed by atoms with Crippen LogP contribution in [0.3, 0.4) is 0 Å². The summed E-state index contributed by atoms with van der Waals surface area (Å²) in [4.78, 5) is 3.93. The van der Waals surface area contributed by atoms with Crippen LogP contribution in [0.2, 0.25) is 5.02 Å². The van der Waals surface area contributed by atoms with Gasteiger partial charge >= 0.3 is 0 Å². The Hall–Kier alpha value is -1.43. The minimum atomic E-state index is -1.10. The zero-order valence-electron chi connectivity index (χ0n) is 13.2. The molecule has 1 aromatic heterocycles. The summed E-state index contributed by atoms with van der Waals surface area (Å²) in [5.74, 6) is 0. The van der Waals surface area contributed by atoms with Crippen molar-refractivity contribution in [2.45, 2.75) is 44.4 Å². The van der Waals surface area contributed by atoms with Crippen molar-refractivity contribution >= 4 is 11.6 Å². The predicted octanol–water partition coefficient (Wildman–Crippen LogP) is 2.72. The van der Waals surface area contributed by atoms with Gasteiger partial charge in [0.25, 0.3) is 0 Å². The van der Waals surface area contributed by atoms with Crippen LogP contribution in [0.15, 0.2) is 36.9 Å². The molecule has 5 nitrogen and oxygen atoms in total. The number of nitrogens with zero attached hydrogens (tertiary/aromatic N) is 3. The lowest BCUT2D eigenvalue weighted by Crippen LogP contribution is -2.54. The van der Waals surface area contributed by atoms with Gasteiger partial charge in [-0.25, -0.2) is 9.67 Å². The number of hydrogen-bond acceptors (Lipinski definition) is 4. The Kier molecular flexibility index (Phi) is 5.21. The highest BCUT2D eigenvalue weighted by Crippen LogP contribution is 2.32. The molecule has 1 unspecified atom stereocenters. The summed E-state index contributed by atoms with van der Waals surface area (Å²) in [6.07, 6.45) is 4.19. The van der Waals surface area contributed by atoms with E-state index in [0.29, 0.717) is 24.4 Å². The first-order valence-electron chi connectivity index (χ1n) is 7.21. The fourth-order valence-corrected chi connectivity index (χ4v) is 2.62. The van der Waals surface area contributed by atoms with Gasteiger partial charge in [-0.2, -0.15) is 5.10 Å². The van der Waals surface area contributed by atoms with Gasteiger partial charge < -0.3 is 9.84 Å². The SMILES string of the molecule is COC(C)(C)C(O)(CCc1ccccc1Cl)Cn1cncn1. The van der Waals surface area contributed by atoms with Crippen LogP contribution in [-0.2, 0) is 17.7 Å². The average Bonchev–Trinajstić information content (AvgIpc) is 2.99. The molecule has 0 aliphatic rings. The van der Waals surface area contributed by atoms with Crippen LogP contribution in [0.5, 0.6) is 0 Å². The maximum absolute atomic E-state index is 11.2. The Bertz CT molecular complexity index is 601. The minimum absolute atomic E-state index is 0.304. The molecule has 0 saturated heterocycles. The maximum atomic E-state index is 11.2. The van der Waals surface area contributed by atoms with Crippen molar-refractivity contribution in [3.63, 3.8) is 0 Å². The van der Waals surface area contributed by atoms with Crippen LogP contribution in [0.1, 0.15) is 25.8 Å². The van der Waals surface area contributed by atoms with E-state index in [2.05, 4.69) is 10.1 Å². The van der Waals surface area contributed by atoms with E-state index in [0.717, 1.165) is 5.56 Å². The molecule has 1 atom stereocenters. The van der Waals surface area contributed by atoms with E-state index >= 15 is 0 Å². The van der Waals surface area contributed by atoms with Crippen LogP contribution in [0.4, 0.5) is 0 Å². The van der Waals surface area contributed by atoms with Crippen molar-refractivity contribution in [2.75, 3.05) is 7.11 Å². The molecule has 0 spiro atoms. The number of rotatable bonds is 7. The average molecular weight is 324 g/mol. The quantitative estimate of drug-likeness (QED) is 0.851. The lowest BCUT2D eigenvalue weighted by atomic mass is 9.80. The van der Waals surface area contributed by atoms with Crippen LogP contribution in [-0.4, -0.2) is 38.2 Å². The molecule has 1 aromatic carbocycles. The number of ether oxygens (including phenoxy) is 1. The third-order valence-corrected chi connectivity index (χ3v) is 4.66. The van der Waals surface area contributed by atoms with E-state index in [4.69, 9.17) is 16.3 Å². The van der Waals surface area contributed by atoms with Crippen LogP contribution < -0.4 is 0 Å². The molecule has 2 aromatic rings. The van der Waals surface area contributed by atoms with Crippen LogP contribution in [0.25, 0.3) is 0 Å². The van der Waals surface area contributed by atoms with Gasteiger partial charge in [-0.1, -0.05) is 29.8 Å². The molecule has 22 heavy (non-hydrogen) atoms. The molecule has 2 rings (SSSR count). The second-order valence-electron chi connectivity index (χ2n) is 5.93. The second-order valence-corrected chi connectivity index (χ2v) is 6.34. The number of aromatic nitrogens is 3. The zero-order valence-corrected chi connectivity index (χ0v) is 13.9. The monoisotopic (exact) mass is 323 g/mol. The number of methoxy groups -OCH3 is 1. The van der Waals surface area contributed by atoms with Gasteiger partial charge in [-0.05, 0) is 38.3 Å². The van der Waals surface area contributed by atoms with Crippen LogP contribution >= 0.6 is 11.6 Å². The molecule has 0 saturated carbocycles. The number of aliphatic hydroxyl groups is 1. The van der Waals surface area contributed by atoms with Crippen molar-refractivity contribution in [2.24, 2.45) is 0 Å². The van der Waals surface area contributed by atoms with Crippen molar-refractivity contribution < 1.29 is 9.84 Å². The summed E-state index contributed by atoms with van der Waals surface area (Å²) in [5, 5.41) is 16.0. The molecule has 0 radical (unpaired) electrons. The smallest absolute Gasteiger partial charge is 0.137 e. The molecule has 0 aliphatic carbocycles. The van der Waals surface area contributed by atoms with Crippen molar-refractivity contribution in [3.8, 4) is 0 Å². The van der Waals surface area contributed by atoms with Crippen LogP contribution in [0, 0.1) is 0 Å². The van der Waals surface area contributed by atoms with Gasteiger partial charge in [0.2, 0.25) is 0 Å². The van der Waals surface area contributed by atoms with Gasteiger partial charge in [-0.3, -0.25) is 0 Å². The van der Waals surface area contributed by atoms with Crippen molar-refractivity contribution in [3.05, 3.63) is 47.5 Å². The summed E-state index contributed by atoms with van der Waals surface area (Å²) in [5.41, 5.74) is -0.831. The van der Waals surface area contributed by atoms with E-state index in [1.807, 2.05) is 38.1 Å². The first-order valence-corrected chi connectivity index (χ1v) is 7.59. The Morgan fingerprint density at radius 2 is 2.05 bits per heavy atom. The molecule has 0 bridgehead atoms. The number of hydrogen-bond donors (Lipinski definition) is 1. The highest BCUT2D eigenvalue weighted by Gasteiger charge is 2.44. The molecule has 6 heteroatoms. The zero-order chi connectivity index (χ0) is 16.2. The lowest BCUT2D eigenvalue weighted by molar-refractivity contribution is -0.162. The van der Waals surface area contributed by atoms with Gasteiger partial charge in [0.15, 0.2) is 0 Å². The third kappa shape index (κ3) is 3.66. The van der Waals surface area contributed by atoms with E-state index in [9.17, 15) is 5.11 Å². The topological polar surface area (TPSA) is 60.2 Å². The summed E-state index contributed by atoms with van der Waals surface area (Å²) in [6, 6.07) is 7.67. The predicted molar refractivity (Wildman–Crippen MR) is 85.8 cm³/mol. The second kappa shape index (κ2) is 6.77. The summed E-state index contributed by atoms with van der Waals surface area (Å²) in [6.45, 7) is 4.05. The fraction of sp³-hybridized carbons (Fsp3) is 0.500. The first kappa shape index (κ1) is 16.9. The maximum Gasteiger partial charge on any atom is 0.137 e. The molecule has 1 N–H and O–H groups in total. The fourth-order valence-electron chi connectivity index (χ4n) is 2.39. The third-order valence-electron chi connectivity index (χ3n) is 4.29. The summed E-state index contributed by atoms with van der Waals surface area (Å²) < 4.78 is 7.14.